The van der Waals surface area contributed by atoms with Crippen molar-refractivity contribution in [3.63, 3.8) is 0 Å². The molecule has 4 aromatic carbocycles. The van der Waals surface area contributed by atoms with Gasteiger partial charge in [-0.3, -0.25) is 0 Å². The van der Waals surface area contributed by atoms with E-state index in [9.17, 15) is 5.11 Å². The van der Waals surface area contributed by atoms with Crippen LogP contribution < -0.4 is 4.74 Å². The molecular weight excluding hydrogens is 384 g/mol. The molecule has 0 aliphatic rings. The standard InChI is InChI=1S/C27H22N2O2/c1-17(2)31-26-16-24(28-27(29-26)23-9-5-6-10-25(23)30)21-12-11-20-13-18-7-3-4-8-19(18)14-22(20)15-21/h3-17,30H,1-2H3. The number of para-hydroxylation sites is 1. The van der Waals surface area contributed by atoms with Gasteiger partial charge in [-0.15, -0.1) is 0 Å². The Morgan fingerprint density at radius 3 is 2.13 bits per heavy atom. The van der Waals surface area contributed by atoms with Crippen LogP contribution in [0.2, 0.25) is 0 Å². The minimum absolute atomic E-state index is 0.0251. The molecule has 0 radical (unpaired) electrons. The van der Waals surface area contributed by atoms with Gasteiger partial charge in [0, 0.05) is 11.6 Å². The molecule has 0 saturated carbocycles. The van der Waals surface area contributed by atoms with Crippen LogP contribution in [0.3, 0.4) is 0 Å². The van der Waals surface area contributed by atoms with Gasteiger partial charge in [0.15, 0.2) is 5.82 Å². The van der Waals surface area contributed by atoms with E-state index in [0.717, 1.165) is 16.6 Å². The summed E-state index contributed by atoms with van der Waals surface area (Å²) in [6.07, 6.45) is -0.0251. The summed E-state index contributed by atoms with van der Waals surface area (Å²) < 4.78 is 5.89. The number of phenolic OH excluding ortho intramolecular Hbond substituents is 1. The van der Waals surface area contributed by atoms with Gasteiger partial charge < -0.3 is 9.84 Å². The predicted molar refractivity (Wildman–Crippen MR) is 125 cm³/mol. The van der Waals surface area contributed by atoms with Gasteiger partial charge in [0.25, 0.3) is 0 Å². The van der Waals surface area contributed by atoms with Crippen molar-refractivity contribution in [1.82, 2.24) is 9.97 Å². The molecule has 0 amide bonds. The van der Waals surface area contributed by atoms with Crippen molar-refractivity contribution >= 4 is 21.5 Å². The molecule has 4 nitrogen and oxygen atoms in total. The summed E-state index contributed by atoms with van der Waals surface area (Å²) in [6.45, 7) is 3.92. The number of fused-ring (bicyclic) bond motifs is 2. The van der Waals surface area contributed by atoms with Crippen LogP contribution in [0.25, 0.3) is 44.2 Å². The number of benzene rings is 4. The molecule has 0 bridgehead atoms. The minimum atomic E-state index is -0.0251. The largest absolute Gasteiger partial charge is 0.507 e. The molecule has 0 spiro atoms. The molecule has 0 saturated heterocycles. The normalized spacial score (nSPS) is 11.3. The van der Waals surface area contributed by atoms with E-state index in [1.807, 2.05) is 26.0 Å². The molecule has 152 valence electrons. The summed E-state index contributed by atoms with van der Waals surface area (Å²) in [6, 6.07) is 28.0. The molecule has 0 aliphatic heterocycles. The van der Waals surface area contributed by atoms with Crippen molar-refractivity contribution in [2.24, 2.45) is 0 Å². The fourth-order valence-electron chi connectivity index (χ4n) is 3.76. The zero-order valence-electron chi connectivity index (χ0n) is 17.4. The Bertz CT molecular complexity index is 1410. The first-order chi connectivity index (χ1) is 15.1. The van der Waals surface area contributed by atoms with E-state index in [4.69, 9.17) is 9.72 Å². The van der Waals surface area contributed by atoms with Crippen molar-refractivity contribution in [1.29, 1.82) is 0 Å². The number of rotatable bonds is 4. The van der Waals surface area contributed by atoms with Crippen LogP contribution in [0.4, 0.5) is 0 Å². The number of aromatic nitrogens is 2. The second-order valence-electron chi connectivity index (χ2n) is 7.86. The van der Waals surface area contributed by atoms with Crippen LogP contribution in [0.15, 0.2) is 84.9 Å². The molecule has 1 N–H and O–H groups in total. The number of phenols is 1. The second-order valence-corrected chi connectivity index (χ2v) is 7.86. The van der Waals surface area contributed by atoms with Crippen molar-refractivity contribution in [3.8, 4) is 34.3 Å². The second kappa shape index (κ2) is 7.73. The zero-order chi connectivity index (χ0) is 21.4. The van der Waals surface area contributed by atoms with E-state index in [0.29, 0.717) is 17.3 Å². The maximum absolute atomic E-state index is 10.3. The highest BCUT2D eigenvalue weighted by Gasteiger charge is 2.13. The average Bonchev–Trinajstić information content (AvgIpc) is 2.77. The minimum Gasteiger partial charge on any atom is -0.507 e. The lowest BCUT2D eigenvalue weighted by Crippen LogP contribution is -2.08. The van der Waals surface area contributed by atoms with Gasteiger partial charge in [-0.1, -0.05) is 48.5 Å². The number of hydrogen-bond donors (Lipinski definition) is 1. The molecule has 5 aromatic rings. The van der Waals surface area contributed by atoms with Gasteiger partial charge in [0.2, 0.25) is 5.88 Å². The van der Waals surface area contributed by atoms with Gasteiger partial charge in [-0.25, -0.2) is 4.98 Å². The Morgan fingerprint density at radius 2 is 1.39 bits per heavy atom. The first kappa shape index (κ1) is 19.1. The monoisotopic (exact) mass is 406 g/mol. The van der Waals surface area contributed by atoms with Gasteiger partial charge in [-0.2, -0.15) is 4.98 Å². The van der Waals surface area contributed by atoms with Gasteiger partial charge in [0.05, 0.1) is 17.4 Å². The molecule has 4 heteroatoms. The number of aromatic hydroxyl groups is 1. The third-order valence-corrected chi connectivity index (χ3v) is 5.20. The van der Waals surface area contributed by atoms with E-state index >= 15 is 0 Å². The van der Waals surface area contributed by atoms with Crippen molar-refractivity contribution in [3.05, 3.63) is 84.9 Å². The van der Waals surface area contributed by atoms with E-state index in [-0.39, 0.29) is 11.9 Å². The lowest BCUT2D eigenvalue weighted by Gasteiger charge is -2.13. The van der Waals surface area contributed by atoms with E-state index in [1.54, 1.807) is 18.2 Å². The molecule has 5 rings (SSSR count). The topological polar surface area (TPSA) is 55.2 Å². The third kappa shape index (κ3) is 3.80. The number of ether oxygens (including phenoxy) is 1. The molecule has 1 aromatic heterocycles. The summed E-state index contributed by atoms with van der Waals surface area (Å²) >= 11 is 0. The van der Waals surface area contributed by atoms with Crippen molar-refractivity contribution in [2.75, 3.05) is 0 Å². The highest BCUT2D eigenvalue weighted by Crippen LogP contribution is 2.32. The molecular formula is C27H22N2O2. The quantitative estimate of drug-likeness (QED) is 0.341. The van der Waals surface area contributed by atoms with E-state index in [2.05, 4.69) is 59.6 Å². The maximum Gasteiger partial charge on any atom is 0.217 e. The lowest BCUT2D eigenvalue weighted by atomic mass is 10.0. The third-order valence-electron chi connectivity index (χ3n) is 5.20. The van der Waals surface area contributed by atoms with E-state index < -0.39 is 0 Å². The molecule has 0 fully saturated rings. The van der Waals surface area contributed by atoms with Gasteiger partial charge >= 0.3 is 0 Å². The van der Waals surface area contributed by atoms with Crippen molar-refractivity contribution in [2.45, 2.75) is 20.0 Å². The lowest BCUT2D eigenvalue weighted by molar-refractivity contribution is 0.232. The van der Waals surface area contributed by atoms with Crippen LogP contribution in [-0.2, 0) is 0 Å². The summed E-state index contributed by atoms with van der Waals surface area (Å²) in [5, 5.41) is 15.1. The van der Waals surface area contributed by atoms with E-state index in [1.165, 1.54) is 16.2 Å². The van der Waals surface area contributed by atoms with Crippen LogP contribution >= 0.6 is 0 Å². The average molecular weight is 406 g/mol. The molecule has 0 unspecified atom stereocenters. The molecule has 0 aliphatic carbocycles. The SMILES string of the molecule is CC(C)Oc1cc(-c2ccc3cc4ccccc4cc3c2)nc(-c2ccccc2O)n1. The first-order valence-electron chi connectivity index (χ1n) is 10.3. The number of hydrogen-bond acceptors (Lipinski definition) is 4. The molecule has 0 atom stereocenters. The predicted octanol–water partition coefficient (Wildman–Crippen LogP) is 6.61. The van der Waals surface area contributed by atoms with Gasteiger partial charge in [-0.05, 0) is 65.7 Å². The zero-order valence-corrected chi connectivity index (χ0v) is 17.4. The summed E-state index contributed by atoms with van der Waals surface area (Å²) in [4.78, 5) is 9.30. The van der Waals surface area contributed by atoms with Crippen molar-refractivity contribution < 1.29 is 9.84 Å². The first-order valence-corrected chi connectivity index (χ1v) is 10.3. The summed E-state index contributed by atoms with van der Waals surface area (Å²) in [5.41, 5.74) is 2.29. The van der Waals surface area contributed by atoms with Gasteiger partial charge in [0.1, 0.15) is 5.75 Å². The summed E-state index contributed by atoms with van der Waals surface area (Å²) in [7, 11) is 0. The Hall–Kier alpha value is -3.92. The Kier molecular flexibility index (Phi) is 4.75. The molecule has 31 heavy (non-hydrogen) atoms. The smallest absolute Gasteiger partial charge is 0.217 e. The van der Waals surface area contributed by atoms with Crippen LogP contribution in [0, 0.1) is 0 Å². The molecule has 1 heterocycles. The fourth-order valence-corrected chi connectivity index (χ4v) is 3.76. The highest BCUT2D eigenvalue weighted by molar-refractivity contribution is 5.99. The van der Waals surface area contributed by atoms with Crippen LogP contribution in [0.1, 0.15) is 13.8 Å². The van der Waals surface area contributed by atoms with Crippen LogP contribution in [-0.4, -0.2) is 21.2 Å². The maximum atomic E-state index is 10.3. The Morgan fingerprint density at radius 1 is 0.710 bits per heavy atom. The number of nitrogens with zero attached hydrogens (tertiary/aromatic N) is 2. The fraction of sp³-hybridized carbons (Fsp3) is 0.111. The highest BCUT2D eigenvalue weighted by atomic mass is 16.5. The Balaban J connectivity index is 1.67. The Labute approximate surface area is 180 Å². The van der Waals surface area contributed by atoms with Crippen LogP contribution in [0.5, 0.6) is 11.6 Å². The summed E-state index contributed by atoms with van der Waals surface area (Å²) in [5.74, 6) is 1.06.